The molecule has 1 heteroatoms. The van der Waals surface area contributed by atoms with Crippen molar-refractivity contribution in [3.05, 3.63) is 0 Å². The molecule has 1 atom stereocenters. The third-order valence-corrected chi connectivity index (χ3v) is 5.51. The summed E-state index contributed by atoms with van der Waals surface area (Å²) in [5.74, 6) is 2.98. The minimum absolute atomic E-state index is 0.757. The summed E-state index contributed by atoms with van der Waals surface area (Å²) < 4.78 is 0. The lowest BCUT2D eigenvalue weighted by molar-refractivity contribution is 0.252. The average Bonchev–Trinajstić information content (AvgIpc) is 2.42. The Balaban J connectivity index is 1.56. The van der Waals surface area contributed by atoms with Crippen molar-refractivity contribution in [3.8, 4) is 0 Å². The standard InChI is InChI=1S/C17H33N/c1-14-8-10-16(11-9-14)12-13-18-15(2)17-6-4-3-5-7-17/h14-18H,3-13H2,1-2H3. The first-order chi connectivity index (χ1) is 8.75. The molecule has 2 aliphatic rings. The molecule has 2 rings (SSSR count). The van der Waals surface area contributed by atoms with Crippen LogP contribution in [0.25, 0.3) is 0 Å². The van der Waals surface area contributed by atoms with E-state index in [9.17, 15) is 0 Å². The molecule has 2 fully saturated rings. The van der Waals surface area contributed by atoms with Gasteiger partial charge in [0.1, 0.15) is 0 Å². The van der Waals surface area contributed by atoms with E-state index in [-0.39, 0.29) is 0 Å². The van der Waals surface area contributed by atoms with E-state index in [1.165, 1.54) is 70.8 Å². The fraction of sp³-hybridized carbons (Fsp3) is 1.00. The maximum atomic E-state index is 3.81. The first-order valence-electron chi connectivity index (χ1n) is 8.49. The van der Waals surface area contributed by atoms with Gasteiger partial charge in [-0.15, -0.1) is 0 Å². The maximum absolute atomic E-state index is 3.81. The summed E-state index contributed by atoms with van der Waals surface area (Å²) in [5, 5.41) is 3.81. The summed E-state index contributed by atoms with van der Waals surface area (Å²) in [6, 6.07) is 0.757. The van der Waals surface area contributed by atoms with Crippen molar-refractivity contribution in [2.24, 2.45) is 17.8 Å². The molecule has 1 nitrogen and oxygen atoms in total. The summed E-state index contributed by atoms with van der Waals surface area (Å²) in [6.45, 7) is 6.09. The lowest BCUT2D eigenvalue weighted by atomic mass is 9.81. The van der Waals surface area contributed by atoms with Crippen LogP contribution in [0, 0.1) is 17.8 Å². The minimum Gasteiger partial charge on any atom is -0.314 e. The highest BCUT2D eigenvalue weighted by atomic mass is 14.9. The van der Waals surface area contributed by atoms with Gasteiger partial charge >= 0.3 is 0 Å². The third-order valence-electron chi connectivity index (χ3n) is 5.51. The molecule has 0 radical (unpaired) electrons. The number of hydrogen-bond donors (Lipinski definition) is 1. The molecule has 0 bridgehead atoms. The van der Waals surface area contributed by atoms with E-state index < -0.39 is 0 Å². The van der Waals surface area contributed by atoms with Crippen LogP contribution in [-0.4, -0.2) is 12.6 Å². The van der Waals surface area contributed by atoms with E-state index in [4.69, 9.17) is 0 Å². The van der Waals surface area contributed by atoms with Gasteiger partial charge in [-0.2, -0.15) is 0 Å². The Hall–Kier alpha value is -0.0400. The number of rotatable bonds is 5. The van der Waals surface area contributed by atoms with Crippen LogP contribution >= 0.6 is 0 Å². The monoisotopic (exact) mass is 251 g/mol. The summed E-state index contributed by atoms with van der Waals surface area (Å²) in [7, 11) is 0. The molecular weight excluding hydrogens is 218 g/mol. The van der Waals surface area contributed by atoms with Crippen molar-refractivity contribution in [3.63, 3.8) is 0 Å². The second-order valence-corrected chi connectivity index (χ2v) is 7.06. The summed E-state index contributed by atoms with van der Waals surface area (Å²) in [6.07, 6.45) is 14.7. The molecule has 1 unspecified atom stereocenters. The first kappa shape index (κ1) is 14.4. The van der Waals surface area contributed by atoms with Crippen LogP contribution in [0.4, 0.5) is 0 Å². The lowest BCUT2D eigenvalue weighted by Crippen LogP contribution is -2.36. The normalized spacial score (nSPS) is 32.3. The van der Waals surface area contributed by atoms with Crippen LogP contribution in [0.15, 0.2) is 0 Å². The molecule has 0 heterocycles. The van der Waals surface area contributed by atoms with Crippen LogP contribution in [0.2, 0.25) is 0 Å². The van der Waals surface area contributed by atoms with Crippen LogP contribution in [0.1, 0.15) is 78.1 Å². The predicted octanol–water partition coefficient (Wildman–Crippen LogP) is 4.76. The Bertz CT molecular complexity index is 212. The Morgan fingerprint density at radius 2 is 1.61 bits per heavy atom. The van der Waals surface area contributed by atoms with Gasteiger partial charge in [0, 0.05) is 6.04 Å². The van der Waals surface area contributed by atoms with Gasteiger partial charge in [-0.25, -0.2) is 0 Å². The highest BCUT2D eigenvalue weighted by Gasteiger charge is 2.21. The Morgan fingerprint density at radius 3 is 2.28 bits per heavy atom. The highest BCUT2D eigenvalue weighted by molar-refractivity contribution is 4.77. The zero-order chi connectivity index (χ0) is 12.8. The van der Waals surface area contributed by atoms with Gasteiger partial charge in [-0.05, 0) is 50.5 Å². The fourth-order valence-corrected chi connectivity index (χ4v) is 3.93. The van der Waals surface area contributed by atoms with Gasteiger partial charge < -0.3 is 5.32 Å². The van der Waals surface area contributed by atoms with E-state index in [1.54, 1.807) is 0 Å². The summed E-state index contributed by atoms with van der Waals surface area (Å²) >= 11 is 0. The molecule has 0 aromatic heterocycles. The third kappa shape index (κ3) is 4.57. The maximum Gasteiger partial charge on any atom is 0.00669 e. The first-order valence-corrected chi connectivity index (χ1v) is 8.49. The van der Waals surface area contributed by atoms with Crippen LogP contribution in [0.5, 0.6) is 0 Å². The molecule has 1 N–H and O–H groups in total. The second-order valence-electron chi connectivity index (χ2n) is 7.06. The predicted molar refractivity (Wildman–Crippen MR) is 79.8 cm³/mol. The molecule has 0 saturated heterocycles. The van der Waals surface area contributed by atoms with Crippen molar-refractivity contribution >= 4 is 0 Å². The molecule has 0 aliphatic heterocycles. The van der Waals surface area contributed by atoms with E-state index >= 15 is 0 Å². The van der Waals surface area contributed by atoms with Gasteiger partial charge in [0.05, 0.1) is 0 Å². The van der Waals surface area contributed by atoms with Gasteiger partial charge in [-0.3, -0.25) is 0 Å². The minimum atomic E-state index is 0.757. The zero-order valence-electron chi connectivity index (χ0n) is 12.6. The van der Waals surface area contributed by atoms with Crippen molar-refractivity contribution in [1.82, 2.24) is 5.32 Å². The molecule has 0 aromatic rings. The summed E-state index contributed by atoms with van der Waals surface area (Å²) in [5.41, 5.74) is 0. The quantitative estimate of drug-likeness (QED) is 0.743. The van der Waals surface area contributed by atoms with E-state index in [2.05, 4.69) is 19.2 Å². The van der Waals surface area contributed by atoms with Gasteiger partial charge in [0.15, 0.2) is 0 Å². The molecule has 0 spiro atoms. The number of hydrogen-bond acceptors (Lipinski definition) is 1. The van der Waals surface area contributed by atoms with Crippen LogP contribution in [0.3, 0.4) is 0 Å². The largest absolute Gasteiger partial charge is 0.314 e. The van der Waals surface area contributed by atoms with Crippen LogP contribution < -0.4 is 5.32 Å². The molecular formula is C17H33N. The zero-order valence-corrected chi connectivity index (χ0v) is 12.6. The average molecular weight is 251 g/mol. The van der Waals surface area contributed by atoms with Gasteiger partial charge in [0.25, 0.3) is 0 Å². The Labute approximate surface area is 114 Å². The van der Waals surface area contributed by atoms with Crippen molar-refractivity contribution in [2.75, 3.05) is 6.54 Å². The summed E-state index contributed by atoms with van der Waals surface area (Å²) in [4.78, 5) is 0. The molecule has 106 valence electrons. The molecule has 18 heavy (non-hydrogen) atoms. The van der Waals surface area contributed by atoms with Gasteiger partial charge in [-0.1, -0.05) is 51.9 Å². The number of nitrogens with one attached hydrogen (secondary N) is 1. The molecule has 2 saturated carbocycles. The highest BCUT2D eigenvalue weighted by Crippen LogP contribution is 2.30. The fourth-order valence-electron chi connectivity index (χ4n) is 3.93. The topological polar surface area (TPSA) is 12.0 Å². The Kier molecular flexibility index (Phi) is 6.01. The SMILES string of the molecule is CC1CCC(CCNC(C)C2CCCCC2)CC1. The van der Waals surface area contributed by atoms with Crippen LogP contribution in [-0.2, 0) is 0 Å². The molecule has 0 aromatic carbocycles. The van der Waals surface area contributed by atoms with Crippen molar-refractivity contribution in [2.45, 2.75) is 84.1 Å². The van der Waals surface area contributed by atoms with E-state index in [0.717, 1.165) is 23.8 Å². The smallest absolute Gasteiger partial charge is 0.00669 e. The van der Waals surface area contributed by atoms with E-state index in [0.29, 0.717) is 0 Å². The van der Waals surface area contributed by atoms with E-state index in [1.807, 2.05) is 0 Å². The Morgan fingerprint density at radius 1 is 0.944 bits per heavy atom. The second kappa shape index (κ2) is 7.53. The molecule has 0 amide bonds. The van der Waals surface area contributed by atoms with Crippen molar-refractivity contribution < 1.29 is 0 Å². The molecule has 2 aliphatic carbocycles. The van der Waals surface area contributed by atoms with Gasteiger partial charge in [0.2, 0.25) is 0 Å². The van der Waals surface area contributed by atoms with Crippen molar-refractivity contribution in [1.29, 1.82) is 0 Å². The lowest BCUT2D eigenvalue weighted by Gasteiger charge is -2.30.